The van der Waals surface area contributed by atoms with E-state index < -0.39 is 23.0 Å². The third-order valence-electron chi connectivity index (χ3n) is 3.25. The number of nitrogens with zero attached hydrogens (tertiary/aromatic N) is 1. The first kappa shape index (κ1) is 17.1. The molecule has 4 nitrogen and oxygen atoms in total. The predicted octanol–water partition coefficient (Wildman–Crippen LogP) is 4.34. The first-order valence-electron chi connectivity index (χ1n) is 6.67. The number of aromatic amines is 1. The molecule has 0 amide bonds. The van der Waals surface area contributed by atoms with E-state index in [1.54, 1.807) is 12.3 Å². The fourth-order valence-corrected chi connectivity index (χ4v) is 2.35. The first-order chi connectivity index (χ1) is 10.9. The molecule has 0 saturated heterocycles. The van der Waals surface area contributed by atoms with Crippen LogP contribution < -0.4 is 5.32 Å². The quantitative estimate of drug-likeness (QED) is 0.460. The van der Waals surface area contributed by atoms with Gasteiger partial charge in [-0.15, -0.1) is 0 Å². The highest BCUT2D eigenvalue weighted by Gasteiger charge is 2.25. The number of Topliss-reactive ketones (excluding diaryl/α,β-unsaturated/α-hetero) is 1. The molecule has 0 fully saturated rings. The van der Waals surface area contributed by atoms with Crippen molar-refractivity contribution in [1.82, 2.24) is 15.3 Å². The van der Waals surface area contributed by atoms with Gasteiger partial charge >= 0.3 is 0 Å². The summed E-state index contributed by atoms with van der Waals surface area (Å²) in [6, 6.07) is 1.65. The van der Waals surface area contributed by atoms with Crippen LogP contribution in [0.15, 0.2) is 58.5 Å². The van der Waals surface area contributed by atoms with Crippen molar-refractivity contribution in [3.8, 4) is 0 Å². The lowest BCUT2D eigenvalue weighted by Gasteiger charge is -2.08. The lowest BCUT2D eigenvalue weighted by molar-refractivity contribution is 0.103. The van der Waals surface area contributed by atoms with Gasteiger partial charge in [0, 0.05) is 34.9 Å². The first-order valence-corrected chi connectivity index (χ1v) is 7.46. The zero-order valence-electron chi connectivity index (χ0n) is 12.5. The molecule has 2 aromatic heterocycles. The van der Waals surface area contributed by atoms with Crippen molar-refractivity contribution in [3.63, 3.8) is 0 Å². The highest BCUT2D eigenvalue weighted by molar-refractivity contribution is 9.10. The Hall–Kier alpha value is -2.28. The summed E-state index contributed by atoms with van der Waals surface area (Å²) in [5.74, 6) is -2.78. The van der Waals surface area contributed by atoms with E-state index in [-0.39, 0.29) is 11.3 Å². The zero-order valence-corrected chi connectivity index (χ0v) is 14.1. The van der Waals surface area contributed by atoms with E-state index in [0.717, 1.165) is 6.08 Å². The normalized spacial score (nSPS) is 13.0. The van der Waals surface area contributed by atoms with Crippen LogP contribution in [0.1, 0.15) is 17.3 Å². The Morgan fingerprint density at radius 3 is 2.78 bits per heavy atom. The van der Waals surface area contributed by atoms with Crippen molar-refractivity contribution in [3.05, 3.63) is 64.1 Å². The summed E-state index contributed by atoms with van der Waals surface area (Å²) in [7, 11) is 1.43. The van der Waals surface area contributed by atoms with Crippen molar-refractivity contribution in [2.45, 2.75) is 6.92 Å². The van der Waals surface area contributed by atoms with Crippen LogP contribution >= 0.6 is 15.9 Å². The Labute approximate surface area is 140 Å². The van der Waals surface area contributed by atoms with Crippen LogP contribution in [0.5, 0.6) is 0 Å². The number of likely N-dealkylation sites (N-methyl/N-ethyl adjacent to an activating group) is 1. The summed E-state index contributed by atoms with van der Waals surface area (Å²) in [5, 5.41) is 2.94. The molecule has 0 atom stereocenters. The van der Waals surface area contributed by atoms with E-state index in [0.29, 0.717) is 15.5 Å². The van der Waals surface area contributed by atoms with E-state index in [1.165, 1.54) is 20.2 Å². The number of carbonyl (C=O) groups excluding carboxylic acids is 1. The highest BCUT2D eigenvalue weighted by atomic mass is 79.9. The SMILES string of the molecule is C=C(NC)/C(F)=C(C(=O)c1c[nH]c2ncc(Br)cc12)\C(F)=C/C. The van der Waals surface area contributed by atoms with Crippen LogP contribution in [0.4, 0.5) is 8.78 Å². The molecule has 2 aromatic rings. The standard InChI is InChI=1S/C16H14BrF2N3O/c1-4-12(18)13(14(19)8(2)20-3)15(23)11-7-22-16-10(11)5-9(17)6-21-16/h4-7,20H,2H2,1,3H3,(H,21,22)/b12-4+,14-13-. The number of nitrogens with one attached hydrogen (secondary N) is 2. The fraction of sp³-hybridized carbons (Fsp3) is 0.125. The minimum Gasteiger partial charge on any atom is -0.386 e. The predicted molar refractivity (Wildman–Crippen MR) is 89.3 cm³/mol. The van der Waals surface area contributed by atoms with Gasteiger partial charge in [-0.2, -0.15) is 0 Å². The maximum atomic E-state index is 14.4. The molecular weight excluding hydrogens is 368 g/mol. The van der Waals surface area contributed by atoms with Crippen molar-refractivity contribution in [2.75, 3.05) is 7.05 Å². The molecular formula is C16H14BrF2N3O. The number of hydrogen-bond donors (Lipinski definition) is 2. The third kappa shape index (κ3) is 3.24. The van der Waals surface area contributed by atoms with Gasteiger partial charge < -0.3 is 10.3 Å². The second-order valence-electron chi connectivity index (χ2n) is 4.64. The lowest BCUT2D eigenvalue weighted by atomic mass is 10.0. The van der Waals surface area contributed by atoms with E-state index in [1.807, 2.05) is 0 Å². The number of H-pyrrole nitrogens is 1. The number of hydrogen-bond acceptors (Lipinski definition) is 3. The molecule has 0 radical (unpaired) electrons. The molecule has 7 heteroatoms. The van der Waals surface area contributed by atoms with E-state index in [2.05, 4.69) is 37.8 Å². The van der Waals surface area contributed by atoms with Crippen LogP contribution in [-0.2, 0) is 0 Å². The molecule has 23 heavy (non-hydrogen) atoms. The summed E-state index contributed by atoms with van der Waals surface area (Å²) in [6.07, 6.45) is 3.96. The largest absolute Gasteiger partial charge is 0.386 e. The molecule has 0 spiro atoms. The zero-order chi connectivity index (χ0) is 17.1. The molecule has 2 N–H and O–H groups in total. The van der Waals surface area contributed by atoms with Gasteiger partial charge in [-0.25, -0.2) is 13.8 Å². The second kappa shape index (κ2) is 6.87. The Morgan fingerprint density at radius 2 is 2.17 bits per heavy atom. The van der Waals surface area contributed by atoms with Gasteiger partial charge in [0.25, 0.3) is 0 Å². The van der Waals surface area contributed by atoms with Gasteiger partial charge in [0.2, 0.25) is 5.78 Å². The highest BCUT2D eigenvalue weighted by Crippen LogP contribution is 2.29. The Balaban J connectivity index is 2.66. The van der Waals surface area contributed by atoms with Crippen molar-refractivity contribution in [1.29, 1.82) is 0 Å². The Bertz CT molecular complexity index is 852. The number of carbonyl (C=O) groups is 1. The number of rotatable bonds is 5. The molecule has 120 valence electrons. The van der Waals surface area contributed by atoms with E-state index in [9.17, 15) is 13.6 Å². The third-order valence-corrected chi connectivity index (χ3v) is 3.68. The monoisotopic (exact) mass is 381 g/mol. The molecule has 2 heterocycles. The fourth-order valence-electron chi connectivity index (χ4n) is 2.02. The van der Waals surface area contributed by atoms with Crippen molar-refractivity contribution in [2.24, 2.45) is 0 Å². The molecule has 0 aliphatic rings. The Kier molecular flexibility index (Phi) is 5.10. The summed E-state index contributed by atoms with van der Waals surface area (Å²) in [4.78, 5) is 19.6. The van der Waals surface area contributed by atoms with Gasteiger partial charge in [0.05, 0.1) is 11.3 Å². The summed E-state index contributed by atoms with van der Waals surface area (Å²) >= 11 is 3.26. The molecule has 0 saturated carbocycles. The van der Waals surface area contributed by atoms with Gasteiger partial charge in [-0.05, 0) is 28.9 Å². The topological polar surface area (TPSA) is 57.8 Å². The molecule has 0 aromatic carbocycles. The molecule has 2 rings (SSSR count). The van der Waals surface area contributed by atoms with Crippen LogP contribution in [0, 0.1) is 0 Å². The average Bonchev–Trinajstić information content (AvgIpc) is 2.96. The molecule has 0 aliphatic carbocycles. The minimum absolute atomic E-state index is 0.125. The maximum Gasteiger partial charge on any atom is 0.201 e. The van der Waals surface area contributed by atoms with E-state index in [4.69, 9.17) is 0 Å². The number of fused-ring (bicyclic) bond motifs is 1. The lowest BCUT2D eigenvalue weighted by Crippen LogP contribution is -2.12. The number of pyridine rings is 1. The number of aromatic nitrogens is 2. The Morgan fingerprint density at radius 1 is 1.48 bits per heavy atom. The molecule has 0 aliphatic heterocycles. The van der Waals surface area contributed by atoms with Crippen molar-refractivity contribution >= 4 is 32.7 Å². The number of halogens is 3. The second-order valence-corrected chi connectivity index (χ2v) is 5.55. The van der Waals surface area contributed by atoms with Gasteiger partial charge in [-0.3, -0.25) is 4.79 Å². The molecule has 0 unspecified atom stereocenters. The number of ketones is 1. The van der Waals surface area contributed by atoms with Gasteiger partial charge in [-0.1, -0.05) is 12.7 Å². The van der Waals surface area contributed by atoms with Crippen molar-refractivity contribution < 1.29 is 13.6 Å². The molecule has 0 bridgehead atoms. The van der Waals surface area contributed by atoms with Crippen LogP contribution in [-0.4, -0.2) is 22.8 Å². The summed E-state index contributed by atoms with van der Waals surface area (Å²) in [6.45, 7) is 4.81. The van der Waals surface area contributed by atoms with E-state index >= 15 is 0 Å². The van der Waals surface area contributed by atoms with Crippen LogP contribution in [0.2, 0.25) is 0 Å². The van der Waals surface area contributed by atoms with Crippen LogP contribution in [0.3, 0.4) is 0 Å². The smallest absolute Gasteiger partial charge is 0.201 e. The summed E-state index contributed by atoms with van der Waals surface area (Å²) in [5.41, 5.74) is -0.276. The number of allylic oxidation sites excluding steroid dienone is 4. The van der Waals surface area contributed by atoms with Gasteiger partial charge in [0.1, 0.15) is 11.5 Å². The average molecular weight is 382 g/mol. The van der Waals surface area contributed by atoms with Gasteiger partial charge in [0.15, 0.2) is 5.83 Å². The summed E-state index contributed by atoms with van der Waals surface area (Å²) < 4.78 is 29.2. The van der Waals surface area contributed by atoms with Crippen LogP contribution in [0.25, 0.3) is 11.0 Å². The minimum atomic E-state index is -1.04. The maximum absolute atomic E-state index is 14.4.